The molecule has 40 heavy (non-hydrogen) atoms. The van der Waals surface area contributed by atoms with Crippen molar-refractivity contribution >= 4 is 23.5 Å². The molecule has 5 rings (SSSR count). The summed E-state index contributed by atoms with van der Waals surface area (Å²) < 4.78 is 5.54. The van der Waals surface area contributed by atoms with Gasteiger partial charge in [0, 0.05) is 42.3 Å². The number of benzene rings is 1. The smallest absolute Gasteiger partial charge is 0.320 e. The number of nitrogens with one attached hydrogen (secondary N) is 1. The summed E-state index contributed by atoms with van der Waals surface area (Å²) in [7, 11) is 0. The first-order chi connectivity index (χ1) is 19.5. The Morgan fingerprint density at radius 2 is 1.65 bits per heavy atom. The van der Waals surface area contributed by atoms with Crippen molar-refractivity contribution < 1.29 is 14.0 Å². The van der Waals surface area contributed by atoms with E-state index in [0.29, 0.717) is 24.0 Å². The lowest BCUT2D eigenvalue weighted by Crippen LogP contribution is -2.60. The molecule has 1 saturated carbocycles. The number of furan rings is 1. The molecular weight excluding hydrogens is 524 g/mol. The molecule has 0 radical (unpaired) electrons. The van der Waals surface area contributed by atoms with Crippen LogP contribution in [0.1, 0.15) is 83.0 Å². The Kier molecular flexibility index (Phi) is 9.74. The van der Waals surface area contributed by atoms with Crippen LogP contribution in [0.15, 0.2) is 47.1 Å². The van der Waals surface area contributed by atoms with Crippen LogP contribution in [0.5, 0.6) is 0 Å². The SMILES string of the molecule is CCN(CC)C(=O)N(C1CCCCC1)C1CC2CCC(C1)N2C(=O)[C@@H](Cc1ccc(Cl)cc1)NCc1ccco1. The number of hydrogen-bond acceptors (Lipinski definition) is 4. The lowest BCUT2D eigenvalue weighted by atomic mass is 9.89. The molecule has 2 unspecified atom stereocenters. The van der Waals surface area contributed by atoms with Crippen LogP contribution < -0.4 is 5.32 Å². The summed E-state index contributed by atoms with van der Waals surface area (Å²) >= 11 is 6.13. The highest BCUT2D eigenvalue weighted by molar-refractivity contribution is 6.30. The van der Waals surface area contributed by atoms with Gasteiger partial charge in [-0.2, -0.15) is 0 Å². The Bertz CT molecular complexity index is 1080. The second kappa shape index (κ2) is 13.4. The van der Waals surface area contributed by atoms with Crippen molar-refractivity contribution in [3.8, 4) is 0 Å². The molecule has 3 atom stereocenters. The zero-order valence-electron chi connectivity index (χ0n) is 24.1. The van der Waals surface area contributed by atoms with E-state index in [4.69, 9.17) is 16.0 Å². The van der Waals surface area contributed by atoms with E-state index in [1.807, 2.05) is 41.3 Å². The number of carbonyl (C=O) groups is 2. The summed E-state index contributed by atoms with van der Waals surface area (Å²) in [5, 5.41) is 4.19. The number of rotatable bonds is 10. The fourth-order valence-electron chi connectivity index (χ4n) is 7.28. The number of nitrogens with zero attached hydrogens (tertiary/aromatic N) is 3. The zero-order valence-corrected chi connectivity index (χ0v) is 24.8. The summed E-state index contributed by atoms with van der Waals surface area (Å²) in [6.45, 7) is 6.10. The van der Waals surface area contributed by atoms with Crippen molar-refractivity contribution in [3.63, 3.8) is 0 Å². The van der Waals surface area contributed by atoms with Crippen LogP contribution in [0.3, 0.4) is 0 Å². The minimum atomic E-state index is -0.363. The molecule has 2 bridgehead atoms. The second-order valence-electron chi connectivity index (χ2n) is 11.8. The third kappa shape index (κ3) is 6.52. The highest BCUT2D eigenvalue weighted by atomic mass is 35.5. The largest absolute Gasteiger partial charge is 0.468 e. The third-order valence-electron chi connectivity index (χ3n) is 9.33. The van der Waals surface area contributed by atoms with Crippen LogP contribution in [0.25, 0.3) is 0 Å². The van der Waals surface area contributed by atoms with Gasteiger partial charge >= 0.3 is 6.03 Å². The fraction of sp³-hybridized carbons (Fsp3) is 0.625. The third-order valence-corrected chi connectivity index (χ3v) is 9.58. The second-order valence-corrected chi connectivity index (χ2v) is 12.2. The van der Waals surface area contributed by atoms with E-state index < -0.39 is 0 Å². The van der Waals surface area contributed by atoms with Crippen LogP contribution in [0, 0.1) is 0 Å². The summed E-state index contributed by atoms with van der Waals surface area (Å²) in [6, 6.07) is 12.3. The van der Waals surface area contributed by atoms with Crippen molar-refractivity contribution in [2.45, 2.75) is 115 Å². The predicted molar refractivity (Wildman–Crippen MR) is 158 cm³/mol. The van der Waals surface area contributed by atoms with Crippen LogP contribution in [0.2, 0.25) is 5.02 Å². The van der Waals surface area contributed by atoms with Gasteiger partial charge in [-0.05, 0) is 88.6 Å². The molecular formula is C32H45ClN4O3. The first-order valence-electron chi connectivity index (χ1n) is 15.4. The summed E-state index contributed by atoms with van der Waals surface area (Å²) in [5.74, 6) is 0.973. The van der Waals surface area contributed by atoms with Crippen molar-refractivity contribution in [1.82, 2.24) is 20.0 Å². The predicted octanol–water partition coefficient (Wildman–Crippen LogP) is 6.25. The molecule has 1 aliphatic carbocycles. The van der Waals surface area contributed by atoms with Crippen molar-refractivity contribution in [1.29, 1.82) is 0 Å². The van der Waals surface area contributed by atoms with Gasteiger partial charge in [0.2, 0.25) is 5.91 Å². The maximum absolute atomic E-state index is 14.2. The molecule has 1 aromatic heterocycles. The average Bonchev–Trinajstić information content (AvgIpc) is 3.58. The molecule has 2 aliphatic heterocycles. The Morgan fingerprint density at radius 3 is 2.25 bits per heavy atom. The normalized spacial score (nSPS) is 23.7. The van der Waals surface area contributed by atoms with E-state index in [0.717, 1.165) is 62.9 Å². The molecule has 2 saturated heterocycles. The molecule has 3 amide bonds. The van der Waals surface area contributed by atoms with E-state index in [1.165, 1.54) is 19.3 Å². The Balaban J connectivity index is 1.33. The highest BCUT2D eigenvalue weighted by Gasteiger charge is 2.48. The summed E-state index contributed by atoms with van der Waals surface area (Å²) in [5.41, 5.74) is 1.07. The maximum atomic E-state index is 14.2. The molecule has 3 aliphatic rings. The minimum Gasteiger partial charge on any atom is -0.468 e. The first kappa shape index (κ1) is 29.0. The van der Waals surface area contributed by atoms with Crippen molar-refractivity contribution in [2.24, 2.45) is 0 Å². The molecule has 7 nitrogen and oxygen atoms in total. The number of halogens is 1. The van der Waals surface area contributed by atoms with Gasteiger partial charge in [-0.15, -0.1) is 0 Å². The minimum absolute atomic E-state index is 0.159. The zero-order chi connectivity index (χ0) is 28.1. The maximum Gasteiger partial charge on any atom is 0.320 e. The van der Waals surface area contributed by atoms with Gasteiger partial charge in [-0.25, -0.2) is 4.79 Å². The van der Waals surface area contributed by atoms with Crippen LogP contribution >= 0.6 is 11.6 Å². The highest BCUT2D eigenvalue weighted by Crippen LogP contribution is 2.40. The van der Waals surface area contributed by atoms with E-state index in [1.54, 1.807) is 6.26 Å². The number of hydrogen-bond donors (Lipinski definition) is 1. The molecule has 1 N–H and O–H groups in total. The van der Waals surface area contributed by atoms with Crippen molar-refractivity contribution in [2.75, 3.05) is 13.1 Å². The Morgan fingerprint density at radius 1 is 0.975 bits per heavy atom. The van der Waals surface area contributed by atoms with Crippen molar-refractivity contribution in [3.05, 3.63) is 59.0 Å². The molecule has 218 valence electrons. The van der Waals surface area contributed by atoms with Crippen LogP contribution in [-0.2, 0) is 17.8 Å². The van der Waals surface area contributed by atoms with Gasteiger partial charge in [-0.1, -0.05) is 43.0 Å². The molecule has 8 heteroatoms. The quantitative estimate of drug-likeness (QED) is 0.368. The first-order valence-corrected chi connectivity index (χ1v) is 15.8. The number of fused-ring (bicyclic) bond motifs is 2. The van der Waals surface area contributed by atoms with Crippen LogP contribution in [-0.4, -0.2) is 69.9 Å². The Labute approximate surface area is 244 Å². The molecule has 2 aromatic rings. The lowest BCUT2D eigenvalue weighted by Gasteiger charge is -2.48. The van der Waals surface area contributed by atoms with E-state index >= 15 is 0 Å². The van der Waals surface area contributed by atoms with Gasteiger partial charge in [0.1, 0.15) is 5.76 Å². The molecule has 3 fully saturated rings. The van der Waals surface area contributed by atoms with Gasteiger partial charge in [0.25, 0.3) is 0 Å². The van der Waals surface area contributed by atoms with Crippen LogP contribution in [0.4, 0.5) is 4.79 Å². The fourth-order valence-corrected chi connectivity index (χ4v) is 7.41. The number of urea groups is 1. The van der Waals surface area contributed by atoms with Gasteiger partial charge in [-0.3, -0.25) is 10.1 Å². The lowest BCUT2D eigenvalue weighted by molar-refractivity contribution is -0.139. The van der Waals surface area contributed by atoms with Gasteiger partial charge in [0.05, 0.1) is 18.8 Å². The monoisotopic (exact) mass is 568 g/mol. The van der Waals surface area contributed by atoms with E-state index in [-0.39, 0.29) is 36.1 Å². The molecule has 3 heterocycles. The van der Waals surface area contributed by atoms with Gasteiger partial charge < -0.3 is 19.1 Å². The number of amides is 3. The number of piperidine rings is 1. The summed E-state index contributed by atoms with van der Waals surface area (Å²) in [4.78, 5) is 34.5. The number of carbonyl (C=O) groups excluding carboxylic acids is 2. The van der Waals surface area contributed by atoms with E-state index in [2.05, 4.69) is 29.0 Å². The Hall–Kier alpha value is -2.51. The van der Waals surface area contributed by atoms with Gasteiger partial charge in [0.15, 0.2) is 0 Å². The molecule has 0 spiro atoms. The average molecular weight is 569 g/mol. The topological polar surface area (TPSA) is 69.0 Å². The standard InChI is InChI=1S/C32H45ClN4O3/c1-3-35(4-2)32(39)37(25-9-6-5-7-10-25)28-20-26-16-17-27(21-28)36(26)31(38)30(34-22-29-11-8-18-40-29)19-23-12-14-24(33)15-13-23/h8,11-15,18,25-28,30,34H,3-7,9-10,16-17,19-22H2,1-2H3/t26?,27?,28?,30-/m1/s1. The van der Waals surface area contributed by atoms with E-state index in [9.17, 15) is 9.59 Å². The molecule has 1 aromatic carbocycles. The summed E-state index contributed by atoms with van der Waals surface area (Å²) in [6.07, 6.45) is 11.9.